The third-order valence-electron chi connectivity index (χ3n) is 3.28. The quantitative estimate of drug-likeness (QED) is 0.692. The van der Waals surface area contributed by atoms with E-state index in [4.69, 9.17) is 22.7 Å². The van der Waals surface area contributed by atoms with Crippen LogP contribution >= 0.6 is 12.2 Å². The van der Waals surface area contributed by atoms with Crippen LogP contribution in [0.2, 0.25) is 0 Å². The molecule has 0 aromatic rings. The molecule has 2 nitrogen and oxygen atoms in total. The summed E-state index contributed by atoms with van der Waals surface area (Å²) in [5.41, 5.74) is 5.74. The summed E-state index contributed by atoms with van der Waals surface area (Å²) in [7, 11) is 0. The lowest BCUT2D eigenvalue weighted by Gasteiger charge is -2.23. The molecular formula is C10H17NOS. The molecule has 1 heterocycles. The molecule has 0 radical (unpaired) electrons. The maximum Gasteiger partial charge on any atom is 0.0753 e. The van der Waals surface area contributed by atoms with Crippen molar-refractivity contribution < 1.29 is 4.74 Å². The van der Waals surface area contributed by atoms with E-state index in [0.29, 0.717) is 11.1 Å². The first kappa shape index (κ1) is 9.41. The van der Waals surface area contributed by atoms with E-state index in [1.807, 2.05) is 0 Å². The van der Waals surface area contributed by atoms with Crippen molar-refractivity contribution in [1.82, 2.24) is 0 Å². The van der Waals surface area contributed by atoms with Crippen LogP contribution < -0.4 is 5.73 Å². The van der Waals surface area contributed by atoms with Gasteiger partial charge in [-0.05, 0) is 25.7 Å². The van der Waals surface area contributed by atoms with E-state index < -0.39 is 0 Å². The Morgan fingerprint density at radius 1 is 1.38 bits per heavy atom. The van der Waals surface area contributed by atoms with Gasteiger partial charge in [-0.25, -0.2) is 0 Å². The molecule has 2 aliphatic rings. The van der Waals surface area contributed by atoms with Gasteiger partial charge in [-0.15, -0.1) is 0 Å². The van der Waals surface area contributed by atoms with Gasteiger partial charge >= 0.3 is 0 Å². The molecule has 1 saturated heterocycles. The Morgan fingerprint density at radius 3 is 2.69 bits per heavy atom. The summed E-state index contributed by atoms with van der Waals surface area (Å²) in [6, 6.07) is 0. The maximum atomic E-state index is 6.05. The zero-order chi connectivity index (χ0) is 9.31. The Bertz CT molecular complexity index is 211. The highest BCUT2D eigenvalue weighted by molar-refractivity contribution is 7.80. The van der Waals surface area contributed by atoms with Gasteiger partial charge in [-0.3, -0.25) is 0 Å². The highest BCUT2D eigenvalue weighted by Crippen LogP contribution is 2.43. The normalized spacial score (nSPS) is 31.2. The van der Waals surface area contributed by atoms with Gasteiger partial charge in [0.1, 0.15) is 0 Å². The van der Waals surface area contributed by atoms with E-state index in [9.17, 15) is 0 Å². The summed E-state index contributed by atoms with van der Waals surface area (Å²) in [6.45, 7) is 0. The molecule has 0 aromatic heterocycles. The SMILES string of the molecule is NC(=S)CC1CCC2(CCCC2)O1. The largest absolute Gasteiger partial charge is 0.393 e. The van der Waals surface area contributed by atoms with Crippen LogP contribution in [-0.4, -0.2) is 16.7 Å². The van der Waals surface area contributed by atoms with Gasteiger partial charge in [0.05, 0.1) is 16.7 Å². The highest BCUT2D eigenvalue weighted by Gasteiger charge is 2.41. The zero-order valence-corrected chi connectivity index (χ0v) is 8.74. The minimum atomic E-state index is 0.232. The van der Waals surface area contributed by atoms with Crippen LogP contribution in [0.25, 0.3) is 0 Å². The standard InChI is InChI=1S/C10H17NOS/c11-9(13)7-8-3-6-10(12-8)4-1-2-5-10/h8H,1-7H2,(H2,11,13). The second-order valence-corrected chi connectivity index (χ2v) is 4.86. The summed E-state index contributed by atoms with van der Waals surface area (Å²) < 4.78 is 6.05. The van der Waals surface area contributed by atoms with Crippen molar-refractivity contribution in [2.45, 2.75) is 56.7 Å². The van der Waals surface area contributed by atoms with Crippen molar-refractivity contribution in [2.24, 2.45) is 5.73 Å². The average molecular weight is 199 g/mol. The van der Waals surface area contributed by atoms with Gasteiger partial charge in [0.15, 0.2) is 0 Å². The molecule has 2 N–H and O–H groups in total. The third-order valence-corrected chi connectivity index (χ3v) is 3.45. The Labute approximate surface area is 84.8 Å². The molecule has 74 valence electrons. The molecule has 0 bridgehead atoms. The fraction of sp³-hybridized carbons (Fsp3) is 0.900. The molecule has 1 aliphatic carbocycles. The first-order chi connectivity index (χ1) is 6.20. The van der Waals surface area contributed by atoms with Crippen LogP contribution in [0.4, 0.5) is 0 Å². The summed E-state index contributed by atoms with van der Waals surface area (Å²) in [5.74, 6) is 0. The molecule has 1 spiro atoms. The molecule has 13 heavy (non-hydrogen) atoms. The average Bonchev–Trinajstić information content (AvgIpc) is 2.63. The second kappa shape index (κ2) is 3.54. The lowest BCUT2D eigenvalue weighted by molar-refractivity contribution is -0.0328. The van der Waals surface area contributed by atoms with Crippen LogP contribution in [0.5, 0.6) is 0 Å². The van der Waals surface area contributed by atoms with Crippen molar-refractivity contribution in [3.05, 3.63) is 0 Å². The first-order valence-corrected chi connectivity index (χ1v) is 5.57. The van der Waals surface area contributed by atoms with E-state index >= 15 is 0 Å². The summed E-state index contributed by atoms with van der Waals surface area (Å²) in [5, 5.41) is 0. The number of hydrogen-bond acceptors (Lipinski definition) is 2. The van der Waals surface area contributed by atoms with Gasteiger partial charge in [0.25, 0.3) is 0 Å². The number of rotatable bonds is 2. The lowest BCUT2D eigenvalue weighted by atomic mass is 9.98. The fourth-order valence-electron chi connectivity index (χ4n) is 2.65. The lowest BCUT2D eigenvalue weighted by Crippen LogP contribution is -2.26. The van der Waals surface area contributed by atoms with Gasteiger partial charge in [-0.2, -0.15) is 0 Å². The van der Waals surface area contributed by atoms with Crippen molar-refractivity contribution in [2.75, 3.05) is 0 Å². The fourth-order valence-corrected chi connectivity index (χ4v) is 2.84. The smallest absolute Gasteiger partial charge is 0.0753 e. The van der Waals surface area contributed by atoms with Crippen LogP contribution in [0.15, 0.2) is 0 Å². The molecule has 1 unspecified atom stereocenters. The Kier molecular flexibility index (Phi) is 2.56. The van der Waals surface area contributed by atoms with Crippen molar-refractivity contribution in [3.8, 4) is 0 Å². The van der Waals surface area contributed by atoms with E-state index in [0.717, 1.165) is 12.8 Å². The molecular weight excluding hydrogens is 182 g/mol. The molecule has 2 rings (SSSR count). The molecule has 0 amide bonds. The Hall–Kier alpha value is -0.150. The van der Waals surface area contributed by atoms with Crippen LogP contribution in [-0.2, 0) is 4.74 Å². The second-order valence-electron chi connectivity index (χ2n) is 4.34. The summed E-state index contributed by atoms with van der Waals surface area (Å²) >= 11 is 4.89. The predicted molar refractivity (Wildman–Crippen MR) is 56.7 cm³/mol. The summed E-state index contributed by atoms with van der Waals surface area (Å²) in [6.07, 6.45) is 8.63. The molecule has 0 aromatic carbocycles. The van der Waals surface area contributed by atoms with Gasteiger partial charge < -0.3 is 10.5 Å². The topological polar surface area (TPSA) is 35.2 Å². The molecule has 3 heteroatoms. The molecule has 1 atom stereocenters. The van der Waals surface area contributed by atoms with Gasteiger partial charge in [0, 0.05) is 6.42 Å². The van der Waals surface area contributed by atoms with E-state index in [1.54, 1.807) is 0 Å². The van der Waals surface area contributed by atoms with Crippen LogP contribution in [0.1, 0.15) is 44.9 Å². The zero-order valence-electron chi connectivity index (χ0n) is 7.92. The number of hydrogen-bond donors (Lipinski definition) is 1. The van der Waals surface area contributed by atoms with Crippen LogP contribution in [0, 0.1) is 0 Å². The number of ether oxygens (including phenoxy) is 1. The minimum Gasteiger partial charge on any atom is -0.393 e. The minimum absolute atomic E-state index is 0.232. The van der Waals surface area contributed by atoms with Crippen LogP contribution in [0.3, 0.4) is 0 Å². The number of nitrogens with two attached hydrogens (primary N) is 1. The Balaban J connectivity index is 1.89. The van der Waals surface area contributed by atoms with Gasteiger partial charge in [-0.1, -0.05) is 25.1 Å². The molecule has 2 fully saturated rings. The molecule has 1 saturated carbocycles. The third kappa shape index (κ3) is 2.02. The van der Waals surface area contributed by atoms with E-state index in [-0.39, 0.29) is 5.60 Å². The number of thiocarbonyl (C=S) groups is 1. The maximum absolute atomic E-state index is 6.05. The molecule has 1 aliphatic heterocycles. The van der Waals surface area contributed by atoms with Gasteiger partial charge in [0.2, 0.25) is 0 Å². The van der Waals surface area contributed by atoms with E-state index in [1.165, 1.54) is 32.1 Å². The van der Waals surface area contributed by atoms with Crippen molar-refractivity contribution in [3.63, 3.8) is 0 Å². The van der Waals surface area contributed by atoms with Crippen molar-refractivity contribution in [1.29, 1.82) is 0 Å². The predicted octanol–water partition coefficient (Wildman–Crippen LogP) is 2.15. The first-order valence-electron chi connectivity index (χ1n) is 5.16. The Morgan fingerprint density at radius 2 is 2.08 bits per heavy atom. The summed E-state index contributed by atoms with van der Waals surface area (Å²) in [4.78, 5) is 0.597. The van der Waals surface area contributed by atoms with E-state index in [2.05, 4.69) is 0 Å². The van der Waals surface area contributed by atoms with Crippen molar-refractivity contribution >= 4 is 17.2 Å². The monoisotopic (exact) mass is 199 g/mol. The highest BCUT2D eigenvalue weighted by atomic mass is 32.1.